The van der Waals surface area contributed by atoms with Crippen LogP contribution in [0.25, 0.3) is 11.1 Å². The molecule has 5 heteroatoms. The van der Waals surface area contributed by atoms with Crippen molar-refractivity contribution >= 4 is 5.91 Å². The van der Waals surface area contributed by atoms with Crippen molar-refractivity contribution in [1.82, 2.24) is 20.1 Å². The minimum Gasteiger partial charge on any atom is -0.351 e. The number of hydrogen-bond acceptors (Lipinski definition) is 3. The standard InChI is InChI=1S/C31H34N4O/c1-35-22-28(21-34-35)25-14-16-27(17-15-25)30(31(36)33-20-24-7-3-2-4-8-24)26-12-10-23(11-13-26)19-29-9-5-6-18-32-29/h2-9,14-18,21-23,26,30H,10-13,19-20H2,1H3,(H,33,36). The van der Waals surface area contributed by atoms with Crippen LogP contribution in [-0.4, -0.2) is 20.7 Å². The van der Waals surface area contributed by atoms with E-state index in [1.54, 1.807) is 0 Å². The highest BCUT2D eigenvalue weighted by atomic mass is 16.1. The Morgan fingerprint density at radius 1 is 0.944 bits per heavy atom. The molecule has 0 aliphatic heterocycles. The number of nitrogens with one attached hydrogen (secondary N) is 1. The Morgan fingerprint density at radius 2 is 1.69 bits per heavy atom. The third-order valence-corrected chi connectivity index (χ3v) is 7.49. The number of rotatable bonds is 8. The summed E-state index contributed by atoms with van der Waals surface area (Å²) in [5.74, 6) is 0.954. The molecule has 2 aromatic carbocycles. The first-order chi connectivity index (χ1) is 17.7. The van der Waals surface area contributed by atoms with Gasteiger partial charge in [-0.1, -0.05) is 60.7 Å². The van der Waals surface area contributed by atoms with Gasteiger partial charge in [0.2, 0.25) is 5.91 Å². The maximum atomic E-state index is 13.6. The van der Waals surface area contributed by atoms with E-state index < -0.39 is 0 Å². The van der Waals surface area contributed by atoms with Gasteiger partial charge in [-0.3, -0.25) is 14.5 Å². The van der Waals surface area contributed by atoms with Gasteiger partial charge in [-0.25, -0.2) is 0 Å². The van der Waals surface area contributed by atoms with Gasteiger partial charge >= 0.3 is 0 Å². The molecular weight excluding hydrogens is 444 g/mol. The monoisotopic (exact) mass is 478 g/mol. The molecule has 1 N–H and O–H groups in total. The molecule has 1 fully saturated rings. The van der Waals surface area contributed by atoms with Crippen LogP contribution in [-0.2, 0) is 24.8 Å². The number of nitrogens with zero attached hydrogens (tertiary/aromatic N) is 3. The molecule has 184 valence electrons. The molecule has 1 amide bonds. The predicted octanol–water partition coefficient (Wildman–Crippen LogP) is 5.93. The summed E-state index contributed by atoms with van der Waals surface area (Å²) >= 11 is 0. The number of carbonyl (C=O) groups excluding carboxylic acids is 1. The maximum Gasteiger partial charge on any atom is 0.228 e. The zero-order valence-electron chi connectivity index (χ0n) is 20.9. The number of benzene rings is 2. The van der Waals surface area contributed by atoms with Crippen molar-refractivity contribution in [2.24, 2.45) is 18.9 Å². The second kappa shape index (κ2) is 11.3. The molecule has 36 heavy (non-hydrogen) atoms. The molecule has 2 aromatic heterocycles. The molecule has 5 nitrogen and oxygen atoms in total. The van der Waals surface area contributed by atoms with Crippen LogP contribution >= 0.6 is 0 Å². The summed E-state index contributed by atoms with van der Waals surface area (Å²) in [7, 11) is 1.93. The molecule has 0 radical (unpaired) electrons. The Labute approximate surface area is 213 Å². The third-order valence-electron chi connectivity index (χ3n) is 7.49. The SMILES string of the molecule is Cn1cc(-c2ccc(C(C(=O)NCc3ccccc3)C3CCC(Cc4ccccn4)CC3)cc2)cn1. The summed E-state index contributed by atoms with van der Waals surface area (Å²) in [4.78, 5) is 18.1. The Hall–Kier alpha value is -3.73. The lowest BCUT2D eigenvalue weighted by molar-refractivity contribution is -0.124. The van der Waals surface area contributed by atoms with Crippen LogP contribution in [0.5, 0.6) is 0 Å². The Bertz CT molecular complexity index is 1240. The van der Waals surface area contributed by atoms with Crippen molar-refractivity contribution in [3.05, 3.63) is 108 Å². The minimum atomic E-state index is -0.146. The van der Waals surface area contributed by atoms with Gasteiger partial charge in [0.25, 0.3) is 0 Å². The van der Waals surface area contributed by atoms with E-state index in [-0.39, 0.29) is 11.8 Å². The summed E-state index contributed by atoms with van der Waals surface area (Å²) in [5, 5.41) is 7.52. The van der Waals surface area contributed by atoms with Crippen LogP contribution in [0.4, 0.5) is 0 Å². The summed E-state index contributed by atoms with van der Waals surface area (Å²) in [6.07, 6.45) is 11.2. The fourth-order valence-corrected chi connectivity index (χ4v) is 5.53. The van der Waals surface area contributed by atoms with Gasteiger partial charge in [0.05, 0.1) is 12.1 Å². The molecule has 0 saturated heterocycles. The van der Waals surface area contributed by atoms with Gasteiger partial charge in [0, 0.05) is 37.2 Å². The van der Waals surface area contributed by atoms with Crippen molar-refractivity contribution in [3.8, 4) is 11.1 Å². The largest absolute Gasteiger partial charge is 0.351 e. The first kappa shape index (κ1) is 24.0. The Kier molecular flexibility index (Phi) is 7.55. The molecule has 1 atom stereocenters. The van der Waals surface area contributed by atoms with E-state index in [9.17, 15) is 4.79 Å². The van der Waals surface area contributed by atoms with E-state index in [1.807, 2.05) is 54.6 Å². The summed E-state index contributed by atoms with van der Waals surface area (Å²) in [6.45, 7) is 0.555. The molecule has 2 heterocycles. The molecule has 5 rings (SSSR count). The normalized spacial score (nSPS) is 18.5. The number of hydrogen-bond donors (Lipinski definition) is 1. The molecule has 4 aromatic rings. The highest BCUT2D eigenvalue weighted by Crippen LogP contribution is 2.40. The van der Waals surface area contributed by atoms with Crippen molar-refractivity contribution in [2.45, 2.75) is 44.6 Å². The van der Waals surface area contributed by atoms with Gasteiger partial charge in [0.1, 0.15) is 0 Å². The van der Waals surface area contributed by atoms with Crippen LogP contribution in [0.3, 0.4) is 0 Å². The van der Waals surface area contributed by atoms with Crippen LogP contribution in [0.15, 0.2) is 91.4 Å². The molecule has 1 unspecified atom stereocenters. The average Bonchev–Trinajstić information content (AvgIpc) is 3.36. The number of aryl methyl sites for hydroxylation is 1. The van der Waals surface area contributed by atoms with Crippen molar-refractivity contribution in [1.29, 1.82) is 0 Å². The lowest BCUT2D eigenvalue weighted by atomic mass is 9.72. The molecule has 1 aliphatic rings. The van der Waals surface area contributed by atoms with Crippen molar-refractivity contribution in [3.63, 3.8) is 0 Å². The number of pyridine rings is 1. The molecule has 0 bridgehead atoms. The van der Waals surface area contributed by atoms with E-state index in [0.717, 1.165) is 54.4 Å². The average molecular weight is 479 g/mol. The molecule has 0 spiro atoms. The van der Waals surface area contributed by atoms with E-state index >= 15 is 0 Å². The van der Waals surface area contributed by atoms with Crippen LogP contribution in [0.1, 0.15) is 48.4 Å². The quantitative estimate of drug-likeness (QED) is 0.341. The molecule has 1 saturated carbocycles. The van der Waals surface area contributed by atoms with Gasteiger partial charge in [-0.05, 0) is 72.8 Å². The predicted molar refractivity (Wildman–Crippen MR) is 143 cm³/mol. The fourth-order valence-electron chi connectivity index (χ4n) is 5.53. The number of carbonyl (C=O) groups is 1. The lowest BCUT2D eigenvalue weighted by Crippen LogP contribution is -2.35. The topological polar surface area (TPSA) is 59.8 Å². The first-order valence-corrected chi connectivity index (χ1v) is 13.0. The van der Waals surface area contributed by atoms with E-state index in [2.05, 4.69) is 63.9 Å². The second-order valence-corrected chi connectivity index (χ2v) is 10.0. The zero-order valence-corrected chi connectivity index (χ0v) is 20.9. The fraction of sp³-hybridized carbons (Fsp3) is 0.323. The highest BCUT2D eigenvalue weighted by Gasteiger charge is 2.33. The maximum absolute atomic E-state index is 13.6. The minimum absolute atomic E-state index is 0.126. The number of amides is 1. The second-order valence-electron chi connectivity index (χ2n) is 10.0. The smallest absolute Gasteiger partial charge is 0.228 e. The van der Waals surface area contributed by atoms with Crippen molar-refractivity contribution < 1.29 is 4.79 Å². The third kappa shape index (κ3) is 5.91. The Balaban J connectivity index is 1.31. The first-order valence-electron chi connectivity index (χ1n) is 13.0. The van der Waals surface area contributed by atoms with Crippen LogP contribution in [0, 0.1) is 11.8 Å². The Morgan fingerprint density at radius 3 is 2.36 bits per heavy atom. The van der Waals surface area contributed by atoms with Crippen LogP contribution in [0.2, 0.25) is 0 Å². The van der Waals surface area contributed by atoms with Gasteiger partial charge in [-0.2, -0.15) is 5.10 Å². The molecular formula is C31H34N4O. The van der Waals surface area contributed by atoms with Crippen LogP contribution < -0.4 is 5.32 Å². The zero-order chi connectivity index (χ0) is 24.7. The van der Waals surface area contributed by atoms with Crippen molar-refractivity contribution in [2.75, 3.05) is 0 Å². The number of aromatic nitrogens is 3. The highest BCUT2D eigenvalue weighted by molar-refractivity contribution is 5.84. The summed E-state index contributed by atoms with van der Waals surface area (Å²) in [6, 6.07) is 24.8. The van der Waals surface area contributed by atoms with E-state index in [0.29, 0.717) is 18.4 Å². The van der Waals surface area contributed by atoms with Gasteiger partial charge in [-0.15, -0.1) is 0 Å². The van der Waals surface area contributed by atoms with E-state index in [1.165, 1.54) is 5.69 Å². The molecule has 1 aliphatic carbocycles. The van der Waals surface area contributed by atoms with Gasteiger partial charge in [0.15, 0.2) is 0 Å². The van der Waals surface area contributed by atoms with E-state index in [4.69, 9.17) is 0 Å². The van der Waals surface area contributed by atoms with Gasteiger partial charge < -0.3 is 5.32 Å². The summed E-state index contributed by atoms with van der Waals surface area (Å²) < 4.78 is 1.81. The summed E-state index contributed by atoms with van der Waals surface area (Å²) in [5.41, 5.74) is 5.60. The lowest BCUT2D eigenvalue weighted by Gasteiger charge is -2.33.